The molecule has 0 fully saturated rings. The number of nitrogens with zero attached hydrogens (tertiary/aromatic N) is 1. The molecule has 0 bridgehead atoms. The number of fused-ring (bicyclic) bond motifs is 3. The molecule has 0 saturated carbocycles. The Morgan fingerprint density at radius 1 is 1.06 bits per heavy atom. The van der Waals surface area contributed by atoms with Gasteiger partial charge in [0.15, 0.2) is 0 Å². The second-order valence-corrected chi connectivity index (χ2v) is 9.76. The number of likely N-dealkylation sites (N-methyl/N-ethyl adjacent to an activating group) is 1. The predicted molar refractivity (Wildman–Crippen MR) is 121 cm³/mol. The zero-order valence-electron chi connectivity index (χ0n) is 18.2. The molecule has 0 unspecified atom stereocenters. The lowest BCUT2D eigenvalue weighted by molar-refractivity contribution is -0.142. The van der Waals surface area contributed by atoms with Crippen molar-refractivity contribution in [3.63, 3.8) is 0 Å². The normalized spacial score (nSPS) is 13.8. The smallest absolute Gasteiger partial charge is 0.410 e. The van der Waals surface area contributed by atoms with E-state index in [-0.39, 0.29) is 25.5 Å². The summed E-state index contributed by atoms with van der Waals surface area (Å²) in [6.45, 7) is 0.335. The van der Waals surface area contributed by atoms with Gasteiger partial charge in [-0.1, -0.05) is 48.5 Å². The lowest BCUT2D eigenvalue weighted by Gasteiger charge is -2.25. The van der Waals surface area contributed by atoms with Crippen LogP contribution in [0.25, 0.3) is 11.1 Å². The number of hydrogen-bond donors (Lipinski definition) is 2. The number of carboxylic acids is 1. The highest BCUT2D eigenvalue weighted by atomic mass is 32.2. The molecule has 9 heteroatoms. The van der Waals surface area contributed by atoms with Crippen molar-refractivity contribution in [3.8, 4) is 11.1 Å². The molecule has 0 heterocycles. The number of ether oxygens (including phenoxy) is 1. The van der Waals surface area contributed by atoms with Crippen molar-refractivity contribution < 1.29 is 27.9 Å². The molecule has 2 aromatic carbocycles. The lowest BCUT2D eigenvalue weighted by Crippen LogP contribution is -2.43. The van der Waals surface area contributed by atoms with Gasteiger partial charge in [0.25, 0.3) is 0 Å². The van der Waals surface area contributed by atoms with Gasteiger partial charge in [0.1, 0.15) is 12.6 Å². The van der Waals surface area contributed by atoms with Crippen molar-refractivity contribution in [2.45, 2.75) is 31.2 Å². The summed E-state index contributed by atoms with van der Waals surface area (Å²) in [4.78, 5) is 25.4. The van der Waals surface area contributed by atoms with Crippen LogP contribution in [0.1, 0.15) is 36.3 Å². The second kappa shape index (κ2) is 10.1. The van der Waals surface area contributed by atoms with Gasteiger partial charge in [0.05, 0.1) is 6.26 Å². The van der Waals surface area contributed by atoms with E-state index in [1.54, 1.807) is 0 Å². The molecule has 0 aliphatic heterocycles. The van der Waals surface area contributed by atoms with E-state index in [9.17, 15) is 23.1 Å². The third-order valence-corrected chi connectivity index (χ3v) is 6.37. The van der Waals surface area contributed by atoms with E-state index in [0.29, 0.717) is 12.8 Å². The number of unbranched alkanes of at least 4 members (excludes halogenated alkanes) is 1. The van der Waals surface area contributed by atoms with E-state index in [1.807, 2.05) is 48.5 Å². The van der Waals surface area contributed by atoms with Crippen LogP contribution in [0.15, 0.2) is 48.5 Å². The first-order valence-corrected chi connectivity index (χ1v) is 12.3. The van der Waals surface area contributed by atoms with Crippen molar-refractivity contribution in [2.75, 3.05) is 26.5 Å². The van der Waals surface area contributed by atoms with Crippen molar-refractivity contribution in [3.05, 3.63) is 59.7 Å². The molecule has 2 N–H and O–H groups in total. The molecule has 3 rings (SSSR count). The molecular formula is C23H28N2O6S. The summed E-state index contributed by atoms with van der Waals surface area (Å²) >= 11 is 0. The average Bonchev–Trinajstić information content (AvgIpc) is 3.07. The monoisotopic (exact) mass is 460 g/mol. The summed E-state index contributed by atoms with van der Waals surface area (Å²) in [5, 5.41) is 9.56. The molecule has 0 radical (unpaired) electrons. The van der Waals surface area contributed by atoms with Gasteiger partial charge in [0.2, 0.25) is 10.0 Å². The minimum absolute atomic E-state index is 0.106. The molecular weight excluding hydrogens is 432 g/mol. The Hall–Kier alpha value is -2.91. The Labute approximate surface area is 188 Å². The van der Waals surface area contributed by atoms with Crippen LogP contribution in [0, 0.1) is 0 Å². The van der Waals surface area contributed by atoms with Gasteiger partial charge in [0, 0.05) is 19.5 Å². The highest BCUT2D eigenvalue weighted by Crippen LogP contribution is 2.44. The minimum Gasteiger partial charge on any atom is -0.480 e. The first-order chi connectivity index (χ1) is 15.2. The summed E-state index contributed by atoms with van der Waals surface area (Å²) in [5.74, 6) is -1.23. The number of carboxylic acid groups (broad SMARTS) is 1. The van der Waals surface area contributed by atoms with Crippen LogP contribution in [-0.2, 0) is 19.6 Å². The number of hydrogen-bond acceptors (Lipinski definition) is 5. The van der Waals surface area contributed by atoms with Crippen molar-refractivity contribution in [1.29, 1.82) is 0 Å². The highest BCUT2D eigenvalue weighted by Gasteiger charge is 2.31. The van der Waals surface area contributed by atoms with Gasteiger partial charge in [-0.2, -0.15) is 0 Å². The van der Waals surface area contributed by atoms with E-state index >= 15 is 0 Å². The van der Waals surface area contributed by atoms with Crippen molar-refractivity contribution in [2.24, 2.45) is 0 Å². The van der Waals surface area contributed by atoms with Gasteiger partial charge in [-0.3, -0.25) is 4.90 Å². The molecule has 2 aromatic rings. The second-order valence-electron chi connectivity index (χ2n) is 7.93. The predicted octanol–water partition coefficient (Wildman–Crippen LogP) is 3.04. The summed E-state index contributed by atoms with van der Waals surface area (Å²) in [5.41, 5.74) is 4.39. The molecule has 1 aliphatic carbocycles. The Morgan fingerprint density at radius 2 is 1.62 bits per heavy atom. The van der Waals surface area contributed by atoms with Gasteiger partial charge in [-0.05, 0) is 41.5 Å². The molecule has 32 heavy (non-hydrogen) atoms. The number of rotatable bonds is 10. The van der Waals surface area contributed by atoms with Crippen LogP contribution in [0.2, 0.25) is 0 Å². The highest BCUT2D eigenvalue weighted by molar-refractivity contribution is 7.88. The number of amides is 1. The summed E-state index contributed by atoms with van der Waals surface area (Å²) in [6, 6.07) is 14.9. The molecule has 1 atom stereocenters. The Morgan fingerprint density at radius 3 is 2.16 bits per heavy atom. The summed E-state index contributed by atoms with van der Waals surface area (Å²) < 4.78 is 30.1. The van der Waals surface area contributed by atoms with Crippen LogP contribution in [0.3, 0.4) is 0 Å². The van der Waals surface area contributed by atoms with E-state index in [1.165, 1.54) is 7.05 Å². The van der Waals surface area contributed by atoms with Crippen LogP contribution in [0.4, 0.5) is 4.79 Å². The van der Waals surface area contributed by atoms with Crippen molar-refractivity contribution >= 4 is 22.1 Å². The van der Waals surface area contributed by atoms with Crippen LogP contribution in [0.5, 0.6) is 0 Å². The third kappa shape index (κ3) is 5.66. The number of benzene rings is 2. The minimum atomic E-state index is -3.28. The Kier molecular flexibility index (Phi) is 7.52. The molecule has 1 aliphatic rings. The first kappa shape index (κ1) is 23.7. The maximum atomic E-state index is 12.6. The quantitative estimate of drug-likeness (QED) is 0.527. The number of aliphatic carboxylic acids is 1. The Balaban J connectivity index is 1.59. The first-order valence-electron chi connectivity index (χ1n) is 10.4. The largest absolute Gasteiger partial charge is 0.480 e. The zero-order chi connectivity index (χ0) is 23.3. The van der Waals surface area contributed by atoms with Gasteiger partial charge >= 0.3 is 12.1 Å². The summed E-state index contributed by atoms with van der Waals surface area (Å²) in [7, 11) is -1.87. The molecule has 0 spiro atoms. The fraction of sp³-hybridized carbons (Fsp3) is 0.391. The number of carbonyl (C=O) groups is 2. The van der Waals surface area contributed by atoms with Gasteiger partial charge in [-0.15, -0.1) is 0 Å². The fourth-order valence-corrected chi connectivity index (χ4v) is 4.54. The molecule has 172 valence electrons. The maximum absolute atomic E-state index is 12.6. The molecule has 0 saturated heterocycles. The van der Waals surface area contributed by atoms with Crippen LogP contribution in [-0.4, -0.2) is 63.0 Å². The standard InChI is InChI=1S/C23H28N2O6S/c1-25(21(22(26)27)13-7-8-14-24-32(2,29)30)23(28)31-15-20-18-11-5-3-9-16(18)17-10-4-6-12-19(17)20/h3-6,9-12,20-21,24H,7-8,13-15H2,1-2H3,(H,26,27)/t21-/m0/s1. The number of nitrogens with one attached hydrogen (secondary N) is 1. The van der Waals surface area contributed by atoms with E-state index in [4.69, 9.17) is 4.74 Å². The lowest BCUT2D eigenvalue weighted by atomic mass is 9.98. The van der Waals surface area contributed by atoms with Gasteiger partial charge in [-0.25, -0.2) is 22.7 Å². The zero-order valence-corrected chi connectivity index (χ0v) is 19.0. The number of sulfonamides is 1. The van der Waals surface area contributed by atoms with E-state index < -0.39 is 28.1 Å². The van der Waals surface area contributed by atoms with Gasteiger partial charge < -0.3 is 9.84 Å². The van der Waals surface area contributed by atoms with Crippen LogP contribution < -0.4 is 4.72 Å². The molecule has 8 nitrogen and oxygen atoms in total. The average molecular weight is 461 g/mol. The summed E-state index contributed by atoms with van der Waals surface area (Å²) in [6.07, 6.45) is 1.48. The molecule has 1 amide bonds. The topological polar surface area (TPSA) is 113 Å². The van der Waals surface area contributed by atoms with E-state index in [2.05, 4.69) is 4.72 Å². The molecule has 0 aromatic heterocycles. The maximum Gasteiger partial charge on any atom is 0.410 e. The fourth-order valence-electron chi connectivity index (χ4n) is 4.03. The van der Waals surface area contributed by atoms with E-state index in [0.717, 1.165) is 33.4 Å². The SMILES string of the molecule is CN(C(=O)OCC1c2ccccc2-c2ccccc21)[C@@H](CCCCNS(C)(=O)=O)C(=O)O. The number of carbonyl (C=O) groups excluding carboxylic acids is 1. The third-order valence-electron chi connectivity index (χ3n) is 5.65. The van der Waals surface area contributed by atoms with Crippen molar-refractivity contribution in [1.82, 2.24) is 9.62 Å². The van der Waals surface area contributed by atoms with Crippen LogP contribution >= 0.6 is 0 Å². The Bertz CT molecular complexity index is 1040.